The van der Waals surface area contributed by atoms with Crippen molar-refractivity contribution in [3.05, 3.63) is 53.0 Å². The van der Waals surface area contributed by atoms with Gasteiger partial charge in [-0.25, -0.2) is 14.6 Å². The monoisotopic (exact) mass is 474 g/mol. The third kappa shape index (κ3) is 4.55. The van der Waals surface area contributed by atoms with Crippen LogP contribution in [0.3, 0.4) is 0 Å². The van der Waals surface area contributed by atoms with Crippen LogP contribution in [0, 0.1) is 6.92 Å². The van der Waals surface area contributed by atoms with Gasteiger partial charge in [-0.3, -0.25) is 4.79 Å². The Hall–Kier alpha value is -3.26. The molecule has 1 saturated heterocycles. The van der Waals surface area contributed by atoms with E-state index in [0.29, 0.717) is 11.5 Å². The second kappa shape index (κ2) is 9.77. The summed E-state index contributed by atoms with van der Waals surface area (Å²) in [5.41, 5.74) is 5.77. The van der Waals surface area contributed by atoms with Crippen molar-refractivity contribution in [2.24, 2.45) is 0 Å². The largest absolute Gasteiger partial charge is 0.497 e. The van der Waals surface area contributed by atoms with Crippen LogP contribution < -0.4 is 4.74 Å². The van der Waals surface area contributed by atoms with Gasteiger partial charge in [0.15, 0.2) is 0 Å². The van der Waals surface area contributed by atoms with Crippen LogP contribution in [-0.4, -0.2) is 75.8 Å². The molecular formula is C27H34N6O2. The summed E-state index contributed by atoms with van der Waals surface area (Å²) in [7, 11) is 5.84. The Kier molecular flexibility index (Phi) is 6.56. The molecule has 184 valence electrons. The third-order valence-electron chi connectivity index (χ3n) is 7.31. The molecule has 0 radical (unpaired) electrons. The van der Waals surface area contributed by atoms with Crippen molar-refractivity contribution in [2.75, 3.05) is 34.3 Å². The number of nitrogens with zero attached hydrogens (tertiary/aromatic N) is 6. The van der Waals surface area contributed by atoms with E-state index in [1.54, 1.807) is 18.0 Å². The number of ether oxygens (including phenoxy) is 1. The van der Waals surface area contributed by atoms with Crippen LogP contribution in [0.2, 0.25) is 0 Å². The SMILES string of the molecule is COc1ccc2c(c1)-c1nc(-n3ncc(C(=O)N4CCCCC4CCN(C)C)c3C)ncc1CC2. The summed E-state index contributed by atoms with van der Waals surface area (Å²) in [6.07, 6.45) is 9.70. The highest BCUT2D eigenvalue weighted by Gasteiger charge is 2.30. The fourth-order valence-electron chi connectivity index (χ4n) is 5.26. The second-order valence-electron chi connectivity index (χ2n) is 9.86. The van der Waals surface area contributed by atoms with Gasteiger partial charge in [-0.1, -0.05) is 6.07 Å². The smallest absolute Gasteiger partial charge is 0.257 e. The van der Waals surface area contributed by atoms with E-state index in [0.717, 1.165) is 73.5 Å². The molecule has 0 bridgehead atoms. The molecule has 1 fully saturated rings. The molecule has 1 aliphatic heterocycles. The summed E-state index contributed by atoms with van der Waals surface area (Å²) < 4.78 is 7.14. The summed E-state index contributed by atoms with van der Waals surface area (Å²) in [6, 6.07) is 6.42. The second-order valence-corrected chi connectivity index (χ2v) is 9.86. The average Bonchev–Trinajstić information content (AvgIpc) is 3.27. The lowest BCUT2D eigenvalue weighted by atomic mass is 9.90. The summed E-state index contributed by atoms with van der Waals surface area (Å²) in [5, 5.41) is 4.55. The Morgan fingerprint density at radius 2 is 2.00 bits per heavy atom. The van der Waals surface area contributed by atoms with Crippen molar-refractivity contribution < 1.29 is 9.53 Å². The fraction of sp³-hybridized carbons (Fsp3) is 0.481. The number of aromatic nitrogens is 4. The highest BCUT2D eigenvalue weighted by Crippen LogP contribution is 2.34. The maximum atomic E-state index is 13.6. The number of methoxy groups -OCH3 is 1. The number of likely N-dealkylation sites (tertiary alicyclic amines) is 1. The molecule has 3 aromatic rings. The Morgan fingerprint density at radius 3 is 2.80 bits per heavy atom. The zero-order valence-electron chi connectivity index (χ0n) is 21.1. The lowest BCUT2D eigenvalue weighted by molar-refractivity contribution is 0.0590. The van der Waals surface area contributed by atoms with Crippen LogP contribution >= 0.6 is 0 Å². The number of carbonyl (C=O) groups is 1. The van der Waals surface area contributed by atoms with Crippen LogP contribution in [0.4, 0.5) is 0 Å². The summed E-state index contributed by atoms with van der Waals surface area (Å²) in [5.74, 6) is 1.36. The summed E-state index contributed by atoms with van der Waals surface area (Å²) in [4.78, 5) is 27.4. The molecule has 3 heterocycles. The van der Waals surface area contributed by atoms with E-state index >= 15 is 0 Å². The Morgan fingerprint density at radius 1 is 1.17 bits per heavy atom. The Labute approximate surface area is 206 Å². The van der Waals surface area contributed by atoms with Gasteiger partial charge in [0.2, 0.25) is 0 Å². The minimum absolute atomic E-state index is 0.0604. The average molecular weight is 475 g/mol. The number of hydrogen-bond acceptors (Lipinski definition) is 6. The van der Waals surface area contributed by atoms with Gasteiger partial charge < -0.3 is 14.5 Å². The van der Waals surface area contributed by atoms with E-state index in [-0.39, 0.29) is 11.9 Å². The van der Waals surface area contributed by atoms with Crippen molar-refractivity contribution in [1.82, 2.24) is 29.5 Å². The van der Waals surface area contributed by atoms with E-state index < -0.39 is 0 Å². The van der Waals surface area contributed by atoms with Gasteiger partial charge in [-0.15, -0.1) is 0 Å². The van der Waals surface area contributed by atoms with Gasteiger partial charge in [0, 0.05) is 24.3 Å². The molecule has 1 aliphatic carbocycles. The van der Waals surface area contributed by atoms with Crippen LogP contribution in [0.25, 0.3) is 17.2 Å². The van der Waals surface area contributed by atoms with Crippen molar-refractivity contribution in [2.45, 2.75) is 51.5 Å². The van der Waals surface area contributed by atoms with E-state index in [1.165, 1.54) is 12.0 Å². The Bertz CT molecular complexity index is 1230. The van der Waals surface area contributed by atoms with Crippen molar-refractivity contribution in [3.8, 4) is 23.0 Å². The predicted molar refractivity (Wildman–Crippen MR) is 135 cm³/mol. The molecule has 0 N–H and O–H groups in total. The van der Waals surface area contributed by atoms with Crippen molar-refractivity contribution in [3.63, 3.8) is 0 Å². The topological polar surface area (TPSA) is 76.4 Å². The molecule has 8 nitrogen and oxygen atoms in total. The molecule has 1 amide bonds. The standard InChI is InChI=1S/C27H34N6O2/c1-18-24(26(34)32-13-6-5-7-21(32)12-14-31(2)3)17-29-33(18)27-28-16-20-9-8-19-10-11-22(35-4)15-23(19)25(20)30-27/h10-11,15-17,21H,5-9,12-14H2,1-4H3. The molecule has 1 atom stereocenters. The van der Waals surface area contributed by atoms with Crippen LogP contribution in [-0.2, 0) is 12.8 Å². The molecule has 5 rings (SSSR count). The molecule has 8 heteroatoms. The molecule has 0 spiro atoms. The number of hydrogen-bond donors (Lipinski definition) is 0. The number of aryl methyl sites for hydroxylation is 2. The first-order valence-electron chi connectivity index (χ1n) is 12.5. The van der Waals surface area contributed by atoms with Gasteiger partial charge in [0.05, 0.1) is 30.3 Å². The van der Waals surface area contributed by atoms with Gasteiger partial charge in [-0.2, -0.15) is 5.10 Å². The molecule has 1 unspecified atom stereocenters. The van der Waals surface area contributed by atoms with Crippen LogP contribution in [0.15, 0.2) is 30.6 Å². The maximum absolute atomic E-state index is 13.6. The lowest BCUT2D eigenvalue weighted by Gasteiger charge is -2.36. The number of benzene rings is 1. The van der Waals surface area contributed by atoms with E-state index in [9.17, 15) is 4.79 Å². The lowest BCUT2D eigenvalue weighted by Crippen LogP contribution is -2.45. The number of piperidine rings is 1. The van der Waals surface area contributed by atoms with Gasteiger partial charge >= 0.3 is 0 Å². The fourth-order valence-corrected chi connectivity index (χ4v) is 5.26. The van der Waals surface area contributed by atoms with Crippen LogP contribution in [0.1, 0.15) is 52.9 Å². The minimum atomic E-state index is 0.0604. The normalized spacial score (nSPS) is 17.3. The maximum Gasteiger partial charge on any atom is 0.257 e. The molecule has 2 aromatic heterocycles. The zero-order chi connectivity index (χ0) is 24.5. The molecule has 2 aliphatic rings. The minimum Gasteiger partial charge on any atom is -0.497 e. The molecule has 35 heavy (non-hydrogen) atoms. The molecule has 0 saturated carbocycles. The van der Waals surface area contributed by atoms with E-state index in [2.05, 4.69) is 40.0 Å². The Balaban J connectivity index is 1.45. The van der Waals surface area contributed by atoms with Crippen molar-refractivity contribution >= 4 is 5.91 Å². The summed E-state index contributed by atoms with van der Waals surface area (Å²) >= 11 is 0. The van der Waals surface area contributed by atoms with E-state index in [4.69, 9.17) is 9.72 Å². The number of amides is 1. The zero-order valence-corrected chi connectivity index (χ0v) is 21.1. The van der Waals surface area contributed by atoms with Crippen LogP contribution in [0.5, 0.6) is 5.75 Å². The predicted octanol–water partition coefficient (Wildman–Crippen LogP) is 3.69. The first kappa shape index (κ1) is 23.5. The number of rotatable bonds is 6. The van der Waals surface area contributed by atoms with E-state index in [1.807, 2.05) is 25.3 Å². The first-order chi connectivity index (χ1) is 17.0. The number of carbonyl (C=O) groups excluding carboxylic acids is 1. The van der Waals surface area contributed by atoms with Gasteiger partial charge in [0.25, 0.3) is 11.9 Å². The highest BCUT2D eigenvalue weighted by molar-refractivity contribution is 5.95. The van der Waals surface area contributed by atoms with Crippen molar-refractivity contribution in [1.29, 1.82) is 0 Å². The quantitative estimate of drug-likeness (QED) is 0.542. The van der Waals surface area contributed by atoms with Gasteiger partial charge in [-0.05, 0) is 89.3 Å². The number of fused-ring (bicyclic) bond motifs is 3. The molecular weight excluding hydrogens is 440 g/mol. The first-order valence-corrected chi connectivity index (χ1v) is 12.5. The van der Waals surface area contributed by atoms with Gasteiger partial charge in [0.1, 0.15) is 5.75 Å². The summed E-state index contributed by atoms with van der Waals surface area (Å²) in [6.45, 7) is 3.70. The third-order valence-corrected chi connectivity index (χ3v) is 7.31. The molecule has 1 aromatic carbocycles. The highest BCUT2D eigenvalue weighted by atomic mass is 16.5.